The van der Waals surface area contributed by atoms with Gasteiger partial charge in [-0.1, -0.05) is 42.8 Å². The minimum atomic E-state index is -0.546. The molecule has 6 heteroatoms. The Balaban J connectivity index is 2.12. The summed E-state index contributed by atoms with van der Waals surface area (Å²) in [5, 5.41) is 11.7. The summed E-state index contributed by atoms with van der Waals surface area (Å²) >= 11 is 6.30. The zero-order valence-corrected chi connectivity index (χ0v) is 13.9. The number of hydrogen-bond acceptors (Lipinski definition) is 3. The van der Waals surface area contributed by atoms with Gasteiger partial charge in [0.1, 0.15) is 0 Å². The Labute approximate surface area is 144 Å². The minimum absolute atomic E-state index is 0.0169. The first-order valence-electron chi connectivity index (χ1n) is 7.64. The van der Waals surface area contributed by atoms with Crippen molar-refractivity contribution in [3.05, 3.63) is 64.7 Å². The van der Waals surface area contributed by atoms with Crippen molar-refractivity contribution in [3.8, 4) is 0 Å². The summed E-state index contributed by atoms with van der Waals surface area (Å²) in [5.74, 6) is -0.546. The van der Waals surface area contributed by atoms with E-state index < -0.39 is 5.91 Å². The highest BCUT2D eigenvalue weighted by Crippen LogP contribution is 2.34. The van der Waals surface area contributed by atoms with Gasteiger partial charge >= 0.3 is 0 Å². The van der Waals surface area contributed by atoms with E-state index in [0.29, 0.717) is 10.6 Å². The molecule has 0 aliphatic carbocycles. The molecular formula is C18H18ClN3O2. The molecule has 4 N–H and O–H groups in total. The van der Waals surface area contributed by atoms with Crippen LogP contribution in [0.15, 0.2) is 42.9 Å². The van der Waals surface area contributed by atoms with Gasteiger partial charge in [-0.25, -0.2) is 4.98 Å². The Morgan fingerprint density at radius 3 is 2.79 bits per heavy atom. The highest BCUT2D eigenvalue weighted by Gasteiger charge is 2.23. The highest BCUT2D eigenvalue weighted by molar-refractivity contribution is 6.38. The summed E-state index contributed by atoms with van der Waals surface area (Å²) in [4.78, 5) is 18.6. The second kappa shape index (κ2) is 6.63. The molecule has 0 bridgehead atoms. The van der Waals surface area contributed by atoms with Crippen LogP contribution in [0.1, 0.15) is 34.5 Å². The Morgan fingerprint density at radius 2 is 2.17 bits per heavy atom. The largest absolute Gasteiger partial charge is 0.396 e. The van der Waals surface area contributed by atoms with Gasteiger partial charge < -0.3 is 15.8 Å². The lowest BCUT2D eigenvalue weighted by Gasteiger charge is -2.22. The van der Waals surface area contributed by atoms with Gasteiger partial charge in [0.15, 0.2) is 0 Å². The normalized spacial score (nSPS) is 13.8. The Morgan fingerprint density at radius 1 is 1.38 bits per heavy atom. The van der Waals surface area contributed by atoms with Crippen molar-refractivity contribution in [1.82, 2.24) is 9.97 Å². The average molecular weight is 344 g/mol. The summed E-state index contributed by atoms with van der Waals surface area (Å²) in [6.07, 6.45) is 3.40. The van der Waals surface area contributed by atoms with Crippen LogP contribution >= 0.6 is 11.6 Å². The molecular weight excluding hydrogens is 326 g/mol. The molecule has 2 atom stereocenters. The Kier molecular flexibility index (Phi) is 4.55. The third-order valence-electron chi connectivity index (χ3n) is 4.31. The van der Waals surface area contributed by atoms with Gasteiger partial charge in [-0.05, 0) is 22.9 Å². The summed E-state index contributed by atoms with van der Waals surface area (Å²) in [6, 6.07) is 9.32. The van der Waals surface area contributed by atoms with Crippen LogP contribution in [0.5, 0.6) is 0 Å². The number of primary amides is 1. The van der Waals surface area contributed by atoms with Gasteiger partial charge in [-0.15, -0.1) is 0 Å². The van der Waals surface area contributed by atoms with Gasteiger partial charge in [0.2, 0.25) is 5.91 Å². The first kappa shape index (κ1) is 16.5. The van der Waals surface area contributed by atoms with Gasteiger partial charge in [0.05, 0.1) is 16.9 Å². The fraction of sp³-hybridized carbons (Fsp3) is 0.222. The summed E-state index contributed by atoms with van der Waals surface area (Å²) in [7, 11) is 0. The smallest absolute Gasteiger partial charge is 0.250 e. The van der Waals surface area contributed by atoms with E-state index in [2.05, 4.69) is 9.97 Å². The fourth-order valence-electron chi connectivity index (χ4n) is 3.05. The van der Waals surface area contributed by atoms with E-state index in [9.17, 15) is 9.90 Å². The molecule has 2 unspecified atom stereocenters. The van der Waals surface area contributed by atoms with E-state index in [1.807, 2.05) is 31.2 Å². The highest BCUT2D eigenvalue weighted by atomic mass is 35.5. The van der Waals surface area contributed by atoms with Crippen LogP contribution in [-0.2, 0) is 0 Å². The quantitative estimate of drug-likeness (QED) is 0.664. The standard InChI is InChI=1S/C18H18ClN3O2/c1-10(8-23)16(15-7-21-9-22-15)12-3-4-13-11(6-12)2-5-14(17(13)19)18(20)24/h2-7,9-10,16,23H,8H2,1H3,(H2,20,24)(H,21,22). The number of aromatic nitrogens is 2. The molecule has 0 saturated carbocycles. The van der Waals surface area contributed by atoms with Crippen molar-refractivity contribution in [1.29, 1.82) is 0 Å². The molecule has 0 radical (unpaired) electrons. The van der Waals surface area contributed by atoms with Gasteiger partial charge in [-0.2, -0.15) is 0 Å². The van der Waals surface area contributed by atoms with Crippen LogP contribution in [0.4, 0.5) is 0 Å². The molecule has 1 heterocycles. The number of aliphatic hydroxyl groups excluding tert-OH is 1. The second-order valence-corrected chi connectivity index (χ2v) is 6.29. The van der Waals surface area contributed by atoms with Gasteiger partial charge in [-0.3, -0.25) is 4.79 Å². The summed E-state index contributed by atoms with van der Waals surface area (Å²) in [6.45, 7) is 2.04. The maximum atomic E-state index is 11.4. The molecule has 124 valence electrons. The van der Waals surface area contributed by atoms with Crippen LogP contribution in [0, 0.1) is 5.92 Å². The minimum Gasteiger partial charge on any atom is -0.396 e. The molecule has 0 fully saturated rings. The average Bonchev–Trinajstić information content (AvgIpc) is 3.08. The number of halogens is 1. The lowest BCUT2D eigenvalue weighted by Crippen LogP contribution is -2.15. The molecule has 24 heavy (non-hydrogen) atoms. The maximum absolute atomic E-state index is 11.4. The number of carbonyl (C=O) groups is 1. The zero-order chi connectivity index (χ0) is 17.3. The van der Waals surface area contributed by atoms with E-state index in [0.717, 1.165) is 22.0 Å². The zero-order valence-electron chi connectivity index (χ0n) is 13.2. The monoisotopic (exact) mass is 343 g/mol. The number of carbonyl (C=O) groups excluding carboxylic acids is 1. The number of nitrogens with zero attached hydrogens (tertiary/aromatic N) is 1. The molecule has 0 spiro atoms. The van der Waals surface area contributed by atoms with Crippen molar-refractivity contribution in [2.24, 2.45) is 11.7 Å². The van der Waals surface area contributed by atoms with Crippen molar-refractivity contribution >= 4 is 28.3 Å². The summed E-state index contributed by atoms with van der Waals surface area (Å²) in [5.41, 5.74) is 7.63. The third kappa shape index (κ3) is 2.88. The van der Waals surface area contributed by atoms with E-state index >= 15 is 0 Å². The van der Waals surface area contributed by atoms with E-state index in [-0.39, 0.29) is 18.4 Å². The number of aromatic amines is 1. The Bertz CT molecular complexity index is 877. The predicted molar refractivity (Wildman–Crippen MR) is 94.2 cm³/mol. The first-order valence-corrected chi connectivity index (χ1v) is 8.01. The molecule has 0 aliphatic rings. The number of amides is 1. The summed E-state index contributed by atoms with van der Waals surface area (Å²) < 4.78 is 0. The Hall–Kier alpha value is -2.37. The topological polar surface area (TPSA) is 92.0 Å². The lowest BCUT2D eigenvalue weighted by atomic mass is 9.84. The van der Waals surface area contributed by atoms with E-state index in [1.165, 1.54) is 0 Å². The third-order valence-corrected chi connectivity index (χ3v) is 4.72. The molecule has 3 rings (SSSR count). The number of nitrogens with one attached hydrogen (secondary N) is 1. The number of rotatable bonds is 5. The maximum Gasteiger partial charge on any atom is 0.250 e. The number of nitrogens with two attached hydrogens (primary N) is 1. The van der Waals surface area contributed by atoms with Crippen LogP contribution in [0.3, 0.4) is 0 Å². The number of aliphatic hydroxyl groups is 1. The van der Waals surface area contributed by atoms with Crippen LogP contribution in [-0.4, -0.2) is 27.6 Å². The fourth-order valence-corrected chi connectivity index (χ4v) is 3.38. The van der Waals surface area contributed by atoms with Crippen molar-refractivity contribution in [2.75, 3.05) is 6.61 Å². The van der Waals surface area contributed by atoms with Crippen LogP contribution in [0.2, 0.25) is 5.02 Å². The SMILES string of the molecule is CC(CO)C(c1ccc2c(Cl)c(C(N)=O)ccc2c1)c1cnc[nH]1. The molecule has 0 saturated heterocycles. The number of fused-ring (bicyclic) bond motifs is 1. The van der Waals surface area contributed by atoms with E-state index in [1.54, 1.807) is 18.6 Å². The van der Waals surface area contributed by atoms with Crippen molar-refractivity contribution < 1.29 is 9.90 Å². The first-order chi connectivity index (χ1) is 11.5. The molecule has 2 aromatic carbocycles. The number of imidazole rings is 1. The lowest BCUT2D eigenvalue weighted by molar-refractivity contribution is 0.100. The van der Waals surface area contributed by atoms with E-state index in [4.69, 9.17) is 17.3 Å². The van der Waals surface area contributed by atoms with Crippen molar-refractivity contribution in [3.63, 3.8) is 0 Å². The van der Waals surface area contributed by atoms with Crippen molar-refractivity contribution in [2.45, 2.75) is 12.8 Å². The van der Waals surface area contributed by atoms with Crippen LogP contribution in [0.25, 0.3) is 10.8 Å². The predicted octanol–water partition coefficient (Wildman–Crippen LogP) is 3.08. The number of benzene rings is 2. The molecule has 3 aromatic rings. The molecule has 0 aliphatic heterocycles. The molecule has 1 aromatic heterocycles. The molecule has 1 amide bonds. The number of H-pyrrole nitrogens is 1. The second-order valence-electron chi connectivity index (χ2n) is 5.92. The van der Waals surface area contributed by atoms with Gasteiger partial charge in [0.25, 0.3) is 0 Å². The van der Waals surface area contributed by atoms with Crippen LogP contribution < -0.4 is 5.73 Å². The number of hydrogen-bond donors (Lipinski definition) is 3. The molecule has 5 nitrogen and oxygen atoms in total. The van der Waals surface area contributed by atoms with Gasteiger partial charge in [0, 0.05) is 29.8 Å².